The van der Waals surface area contributed by atoms with Crippen molar-refractivity contribution in [2.24, 2.45) is 11.7 Å². The second-order valence-electron chi connectivity index (χ2n) is 5.68. The molecular formula is C16H25N3O. The van der Waals surface area contributed by atoms with Crippen LogP contribution in [0.25, 0.3) is 0 Å². The number of piperidine rings is 1. The van der Waals surface area contributed by atoms with Gasteiger partial charge < -0.3 is 10.5 Å². The van der Waals surface area contributed by atoms with Crippen LogP contribution in [0.1, 0.15) is 32.3 Å². The number of nitrogen functional groups attached to an aromatic ring is 1. The number of nitrogens with zero attached hydrogens (tertiary/aromatic N) is 1. The van der Waals surface area contributed by atoms with E-state index in [-0.39, 0.29) is 5.84 Å². The summed E-state index contributed by atoms with van der Waals surface area (Å²) in [6.45, 7) is 7.50. The zero-order valence-corrected chi connectivity index (χ0v) is 12.4. The van der Waals surface area contributed by atoms with Gasteiger partial charge in [0.2, 0.25) is 0 Å². The van der Waals surface area contributed by atoms with Crippen LogP contribution < -0.4 is 10.5 Å². The number of rotatable bonds is 5. The number of hydrogen-bond acceptors (Lipinski definition) is 3. The second kappa shape index (κ2) is 6.75. The van der Waals surface area contributed by atoms with Crippen LogP contribution in [-0.2, 0) is 0 Å². The molecule has 20 heavy (non-hydrogen) atoms. The van der Waals surface area contributed by atoms with E-state index in [2.05, 4.69) is 18.7 Å². The average molecular weight is 275 g/mol. The lowest BCUT2D eigenvalue weighted by molar-refractivity contribution is 0.0958. The van der Waals surface area contributed by atoms with Gasteiger partial charge in [0.15, 0.2) is 0 Å². The van der Waals surface area contributed by atoms with Crippen LogP contribution in [-0.4, -0.2) is 36.5 Å². The Hall–Kier alpha value is -1.55. The molecule has 1 aliphatic rings. The number of benzene rings is 1. The maximum Gasteiger partial charge on any atom is 0.122 e. The SMILES string of the molecule is CC1CCCN(CCOc2ccc(C(=N)N)cc2)C1C. The first-order chi connectivity index (χ1) is 9.58. The van der Waals surface area contributed by atoms with Crippen LogP contribution in [0.3, 0.4) is 0 Å². The van der Waals surface area contributed by atoms with Crippen molar-refractivity contribution in [3.05, 3.63) is 29.8 Å². The molecular weight excluding hydrogens is 250 g/mol. The molecule has 0 spiro atoms. The number of hydrogen-bond donors (Lipinski definition) is 2. The van der Waals surface area contributed by atoms with Gasteiger partial charge in [0.1, 0.15) is 18.2 Å². The first kappa shape index (κ1) is 14.9. The topological polar surface area (TPSA) is 62.3 Å². The fraction of sp³-hybridized carbons (Fsp3) is 0.562. The van der Waals surface area contributed by atoms with E-state index in [9.17, 15) is 0 Å². The molecule has 0 aliphatic carbocycles. The van der Waals surface area contributed by atoms with E-state index < -0.39 is 0 Å². The monoisotopic (exact) mass is 275 g/mol. The summed E-state index contributed by atoms with van der Waals surface area (Å²) >= 11 is 0. The van der Waals surface area contributed by atoms with Crippen molar-refractivity contribution < 1.29 is 4.74 Å². The van der Waals surface area contributed by atoms with Crippen molar-refractivity contribution in [2.45, 2.75) is 32.7 Å². The number of ether oxygens (including phenoxy) is 1. The van der Waals surface area contributed by atoms with Crippen LogP contribution in [0.5, 0.6) is 5.75 Å². The van der Waals surface area contributed by atoms with E-state index in [1.54, 1.807) is 0 Å². The van der Waals surface area contributed by atoms with Gasteiger partial charge in [-0.2, -0.15) is 0 Å². The molecule has 0 aromatic heterocycles. The number of amidine groups is 1. The molecule has 2 rings (SSSR count). The molecule has 110 valence electrons. The second-order valence-corrected chi connectivity index (χ2v) is 5.68. The molecule has 1 saturated heterocycles. The summed E-state index contributed by atoms with van der Waals surface area (Å²) in [6.07, 6.45) is 2.63. The molecule has 1 aromatic carbocycles. The summed E-state index contributed by atoms with van der Waals surface area (Å²) in [7, 11) is 0. The Morgan fingerprint density at radius 3 is 2.70 bits per heavy atom. The minimum atomic E-state index is 0.0904. The van der Waals surface area contributed by atoms with Crippen LogP contribution in [0, 0.1) is 11.3 Å². The Morgan fingerprint density at radius 1 is 1.35 bits per heavy atom. The van der Waals surface area contributed by atoms with Crippen LogP contribution in [0.4, 0.5) is 0 Å². The van der Waals surface area contributed by atoms with Crippen molar-refractivity contribution in [1.82, 2.24) is 4.90 Å². The molecule has 1 aromatic rings. The third-order valence-corrected chi connectivity index (χ3v) is 4.32. The molecule has 4 heteroatoms. The van der Waals surface area contributed by atoms with Gasteiger partial charge in [-0.15, -0.1) is 0 Å². The third-order valence-electron chi connectivity index (χ3n) is 4.32. The fourth-order valence-electron chi connectivity index (χ4n) is 2.75. The van der Waals surface area contributed by atoms with E-state index in [4.69, 9.17) is 15.9 Å². The molecule has 2 atom stereocenters. The van der Waals surface area contributed by atoms with Crippen molar-refractivity contribution >= 4 is 5.84 Å². The van der Waals surface area contributed by atoms with Gasteiger partial charge in [0.05, 0.1) is 0 Å². The Labute approximate surface area is 121 Å². The summed E-state index contributed by atoms with van der Waals surface area (Å²) in [5, 5.41) is 7.35. The van der Waals surface area contributed by atoms with Crippen LogP contribution >= 0.6 is 0 Å². The average Bonchev–Trinajstić information content (AvgIpc) is 2.44. The lowest BCUT2D eigenvalue weighted by Gasteiger charge is -2.37. The largest absolute Gasteiger partial charge is 0.492 e. The minimum Gasteiger partial charge on any atom is -0.492 e. The van der Waals surface area contributed by atoms with E-state index in [1.165, 1.54) is 19.4 Å². The molecule has 0 bridgehead atoms. The van der Waals surface area contributed by atoms with Gasteiger partial charge >= 0.3 is 0 Å². The highest BCUT2D eigenvalue weighted by Gasteiger charge is 2.23. The minimum absolute atomic E-state index is 0.0904. The van der Waals surface area contributed by atoms with Crippen molar-refractivity contribution in [3.8, 4) is 5.75 Å². The van der Waals surface area contributed by atoms with E-state index in [0.717, 1.165) is 23.8 Å². The van der Waals surface area contributed by atoms with Gasteiger partial charge in [0.25, 0.3) is 0 Å². The quantitative estimate of drug-likeness (QED) is 0.641. The lowest BCUT2D eigenvalue weighted by atomic mass is 9.92. The number of nitrogens with one attached hydrogen (secondary N) is 1. The summed E-state index contributed by atoms with van der Waals surface area (Å²) in [6, 6.07) is 8.04. The predicted molar refractivity (Wildman–Crippen MR) is 82.4 cm³/mol. The molecule has 3 N–H and O–H groups in total. The summed E-state index contributed by atoms with van der Waals surface area (Å²) in [5.74, 6) is 1.71. The van der Waals surface area contributed by atoms with Gasteiger partial charge in [0, 0.05) is 18.2 Å². The van der Waals surface area contributed by atoms with Gasteiger partial charge in [-0.25, -0.2) is 0 Å². The van der Waals surface area contributed by atoms with Crippen molar-refractivity contribution in [2.75, 3.05) is 19.7 Å². The molecule has 0 amide bonds. The molecule has 0 saturated carbocycles. The van der Waals surface area contributed by atoms with Gasteiger partial charge in [-0.05, 0) is 56.5 Å². The Balaban J connectivity index is 1.79. The Bertz CT molecular complexity index is 444. The maximum absolute atomic E-state index is 7.35. The molecule has 0 radical (unpaired) electrons. The third kappa shape index (κ3) is 3.73. The van der Waals surface area contributed by atoms with Gasteiger partial charge in [-0.1, -0.05) is 6.92 Å². The molecule has 1 aliphatic heterocycles. The normalized spacial score (nSPS) is 23.5. The first-order valence-corrected chi connectivity index (χ1v) is 7.39. The van der Waals surface area contributed by atoms with Crippen molar-refractivity contribution in [1.29, 1.82) is 5.41 Å². The molecule has 2 unspecified atom stereocenters. The highest BCUT2D eigenvalue weighted by atomic mass is 16.5. The van der Waals surface area contributed by atoms with E-state index in [1.807, 2.05) is 24.3 Å². The molecule has 4 nitrogen and oxygen atoms in total. The zero-order valence-electron chi connectivity index (χ0n) is 12.4. The molecule has 1 fully saturated rings. The van der Waals surface area contributed by atoms with Crippen LogP contribution in [0.2, 0.25) is 0 Å². The Morgan fingerprint density at radius 2 is 2.05 bits per heavy atom. The highest BCUT2D eigenvalue weighted by molar-refractivity contribution is 5.94. The first-order valence-electron chi connectivity index (χ1n) is 7.39. The molecule has 1 heterocycles. The summed E-state index contributed by atoms with van der Waals surface area (Å²) in [5.41, 5.74) is 6.16. The Kier molecular flexibility index (Phi) is 5.01. The van der Waals surface area contributed by atoms with Crippen LogP contribution in [0.15, 0.2) is 24.3 Å². The van der Waals surface area contributed by atoms with Gasteiger partial charge in [-0.3, -0.25) is 10.3 Å². The van der Waals surface area contributed by atoms with E-state index >= 15 is 0 Å². The maximum atomic E-state index is 7.35. The lowest BCUT2D eigenvalue weighted by Crippen LogP contribution is -2.44. The highest BCUT2D eigenvalue weighted by Crippen LogP contribution is 2.22. The number of likely N-dealkylation sites (tertiary alicyclic amines) is 1. The zero-order chi connectivity index (χ0) is 14.5. The summed E-state index contributed by atoms with van der Waals surface area (Å²) < 4.78 is 5.77. The van der Waals surface area contributed by atoms with E-state index in [0.29, 0.717) is 12.6 Å². The smallest absolute Gasteiger partial charge is 0.122 e. The fourth-order valence-corrected chi connectivity index (χ4v) is 2.75. The summed E-state index contributed by atoms with van der Waals surface area (Å²) in [4.78, 5) is 2.51. The van der Waals surface area contributed by atoms with Crippen molar-refractivity contribution in [3.63, 3.8) is 0 Å². The standard InChI is InChI=1S/C16H25N3O/c1-12-4-3-9-19(13(12)2)10-11-20-15-7-5-14(6-8-15)16(17)18/h5-8,12-13H,3-4,9-11H2,1-2H3,(H3,17,18). The number of nitrogens with two attached hydrogens (primary N) is 1. The predicted octanol–water partition coefficient (Wildman–Crippen LogP) is 2.47.